The van der Waals surface area contributed by atoms with E-state index in [4.69, 9.17) is 10.5 Å². The van der Waals surface area contributed by atoms with E-state index in [2.05, 4.69) is 10.9 Å². The molecule has 3 heteroatoms. The van der Waals surface area contributed by atoms with Gasteiger partial charge >= 0.3 is 0 Å². The molecule has 1 aromatic carbocycles. The average molecular weight is 167 g/mol. The molecule has 60 valence electrons. The third-order valence-electron chi connectivity index (χ3n) is 1.28. The highest BCUT2D eigenvalue weighted by atomic mass is 14.7. The summed E-state index contributed by atoms with van der Waals surface area (Å²) in [5.74, 6) is 2.35. The van der Waals surface area contributed by atoms with E-state index in [0.29, 0.717) is 5.69 Å². The molecule has 0 heterocycles. The van der Waals surface area contributed by atoms with Gasteiger partial charge in [-0.3, -0.25) is 0 Å². The summed E-state index contributed by atoms with van der Waals surface area (Å²) in [6.07, 6.45) is 0. The number of nitrogens with zero attached hydrogens (tertiary/aromatic N) is 3. The van der Waals surface area contributed by atoms with Crippen molar-refractivity contribution < 1.29 is 0 Å². The third-order valence-corrected chi connectivity index (χ3v) is 1.28. The second kappa shape index (κ2) is 4.51. The van der Waals surface area contributed by atoms with Gasteiger partial charge in [-0.25, -0.2) is 4.99 Å². The van der Waals surface area contributed by atoms with Crippen molar-refractivity contribution in [2.24, 2.45) is 4.99 Å². The van der Waals surface area contributed by atoms with Crippen molar-refractivity contribution in [3.05, 3.63) is 35.9 Å². The second-order valence-corrected chi connectivity index (χ2v) is 2.16. The van der Waals surface area contributed by atoms with Crippen molar-refractivity contribution in [2.45, 2.75) is 0 Å². The van der Waals surface area contributed by atoms with Crippen LogP contribution in [-0.2, 0) is 0 Å². The molecule has 3 nitrogen and oxygen atoms in total. The van der Waals surface area contributed by atoms with Gasteiger partial charge < -0.3 is 0 Å². The van der Waals surface area contributed by atoms with Crippen molar-refractivity contribution in [3.63, 3.8) is 0 Å². The predicted molar refractivity (Wildman–Crippen MR) is 48.3 cm³/mol. The first-order chi connectivity index (χ1) is 6.36. The number of para-hydroxylation sites is 1. The van der Waals surface area contributed by atoms with E-state index < -0.39 is 0 Å². The van der Waals surface area contributed by atoms with Gasteiger partial charge in [-0.05, 0) is 12.1 Å². The average Bonchev–Trinajstić information content (AvgIpc) is 2.21. The van der Waals surface area contributed by atoms with Crippen molar-refractivity contribution in [1.29, 1.82) is 10.5 Å². The van der Waals surface area contributed by atoms with E-state index >= 15 is 0 Å². The van der Waals surface area contributed by atoms with Gasteiger partial charge in [0.15, 0.2) is 5.57 Å². The van der Waals surface area contributed by atoms with Crippen LogP contribution in [-0.4, -0.2) is 5.87 Å². The zero-order chi connectivity index (χ0) is 9.52. The SMILES string of the molecule is N#CC(=C=Nc1ccccc1)C#N. The molecule has 0 spiro atoms. The Balaban J connectivity index is 3.00. The molecule has 0 aromatic heterocycles. The van der Waals surface area contributed by atoms with Gasteiger partial charge in [0, 0.05) is 5.87 Å². The van der Waals surface area contributed by atoms with Gasteiger partial charge in [0.1, 0.15) is 12.1 Å². The van der Waals surface area contributed by atoms with Crippen LogP contribution in [0, 0.1) is 22.7 Å². The molecule has 0 unspecified atom stereocenters. The maximum absolute atomic E-state index is 8.37. The Bertz CT molecular complexity index is 409. The van der Waals surface area contributed by atoms with E-state index in [0.717, 1.165) is 0 Å². The van der Waals surface area contributed by atoms with Crippen molar-refractivity contribution in [3.8, 4) is 12.1 Å². The largest absolute Gasteiger partial charge is 0.204 e. The predicted octanol–water partition coefficient (Wildman–Crippen LogP) is 1.96. The number of hydrogen-bond acceptors (Lipinski definition) is 3. The maximum atomic E-state index is 8.37. The fraction of sp³-hybridized carbons (Fsp3) is 0. The standard InChI is InChI=1S/C10H5N3/c11-6-9(7-12)8-13-10-4-2-1-3-5-10/h1-5H. The minimum absolute atomic E-state index is 0.121. The molecule has 0 saturated heterocycles. The summed E-state index contributed by atoms with van der Waals surface area (Å²) in [5, 5.41) is 16.7. The first-order valence-corrected chi connectivity index (χ1v) is 3.56. The Kier molecular flexibility index (Phi) is 3.03. The first-order valence-electron chi connectivity index (χ1n) is 3.56. The summed E-state index contributed by atoms with van der Waals surface area (Å²) >= 11 is 0. The van der Waals surface area contributed by atoms with Crippen LogP contribution in [0.25, 0.3) is 0 Å². The summed E-state index contributed by atoms with van der Waals surface area (Å²) in [5.41, 5.74) is 0.550. The molecule has 0 fully saturated rings. The highest BCUT2D eigenvalue weighted by Crippen LogP contribution is 2.07. The van der Waals surface area contributed by atoms with E-state index in [1.54, 1.807) is 24.3 Å². The van der Waals surface area contributed by atoms with Crippen molar-refractivity contribution in [2.75, 3.05) is 0 Å². The summed E-state index contributed by atoms with van der Waals surface area (Å²) in [7, 11) is 0. The van der Waals surface area contributed by atoms with Crippen LogP contribution in [0.15, 0.2) is 40.9 Å². The van der Waals surface area contributed by atoms with Gasteiger partial charge in [0.2, 0.25) is 0 Å². The molecule has 0 bridgehead atoms. The van der Waals surface area contributed by atoms with Crippen LogP contribution in [0.2, 0.25) is 0 Å². The molecule has 0 aliphatic rings. The molecule has 0 N–H and O–H groups in total. The lowest BCUT2D eigenvalue weighted by Crippen LogP contribution is -1.70. The monoisotopic (exact) mass is 167 g/mol. The number of aliphatic imine (C=N–C) groups is 1. The normalized spacial score (nSPS) is 7.54. The minimum Gasteiger partial charge on any atom is -0.204 e. The van der Waals surface area contributed by atoms with Gasteiger partial charge in [0.25, 0.3) is 0 Å². The van der Waals surface area contributed by atoms with Crippen LogP contribution >= 0.6 is 0 Å². The summed E-state index contributed by atoms with van der Waals surface area (Å²) < 4.78 is 0. The van der Waals surface area contributed by atoms with Crippen LogP contribution in [0.1, 0.15) is 0 Å². The smallest absolute Gasteiger partial charge is 0.190 e. The number of nitriles is 2. The topological polar surface area (TPSA) is 59.9 Å². The molecule has 0 atom stereocenters. The molecule has 1 rings (SSSR count). The number of rotatable bonds is 1. The van der Waals surface area contributed by atoms with E-state index in [-0.39, 0.29) is 5.57 Å². The highest BCUT2D eigenvalue weighted by Gasteiger charge is 1.87. The van der Waals surface area contributed by atoms with Crippen LogP contribution in [0.5, 0.6) is 0 Å². The summed E-state index contributed by atoms with van der Waals surface area (Å²) in [6.45, 7) is 0. The lowest BCUT2D eigenvalue weighted by molar-refractivity contribution is 1.47. The van der Waals surface area contributed by atoms with Gasteiger partial charge in [-0.1, -0.05) is 18.2 Å². The minimum atomic E-state index is -0.121. The Morgan fingerprint density at radius 1 is 1.08 bits per heavy atom. The Morgan fingerprint density at radius 3 is 2.23 bits per heavy atom. The van der Waals surface area contributed by atoms with Crippen LogP contribution < -0.4 is 0 Å². The van der Waals surface area contributed by atoms with Gasteiger partial charge in [-0.2, -0.15) is 10.5 Å². The molecular formula is C10H5N3. The molecule has 0 aliphatic carbocycles. The molecule has 13 heavy (non-hydrogen) atoms. The molecule has 0 radical (unpaired) electrons. The fourth-order valence-electron chi connectivity index (χ4n) is 0.698. The van der Waals surface area contributed by atoms with Crippen molar-refractivity contribution >= 4 is 11.6 Å². The van der Waals surface area contributed by atoms with Gasteiger partial charge in [-0.15, -0.1) is 0 Å². The number of hydrogen-bond donors (Lipinski definition) is 0. The Labute approximate surface area is 75.9 Å². The maximum Gasteiger partial charge on any atom is 0.190 e. The summed E-state index contributed by atoms with van der Waals surface area (Å²) in [6, 6.07) is 12.4. The molecule has 0 aliphatic heterocycles. The van der Waals surface area contributed by atoms with Gasteiger partial charge in [0.05, 0.1) is 5.69 Å². The second-order valence-electron chi connectivity index (χ2n) is 2.16. The van der Waals surface area contributed by atoms with E-state index in [9.17, 15) is 0 Å². The lowest BCUT2D eigenvalue weighted by atomic mass is 10.3. The molecule has 0 saturated carbocycles. The van der Waals surface area contributed by atoms with Crippen LogP contribution in [0.3, 0.4) is 0 Å². The number of allylic oxidation sites excluding steroid dienone is 1. The van der Waals surface area contributed by atoms with E-state index in [1.807, 2.05) is 18.2 Å². The number of benzene rings is 1. The van der Waals surface area contributed by atoms with Crippen molar-refractivity contribution in [1.82, 2.24) is 0 Å². The lowest BCUT2D eigenvalue weighted by Gasteiger charge is -1.85. The molecule has 1 aromatic rings. The third kappa shape index (κ3) is 2.63. The van der Waals surface area contributed by atoms with E-state index in [1.165, 1.54) is 0 Å². The quantitative estimate of drug-likeness (QED) is 0.474. The zero-order valence-electron chi connectivity index (χ0n) is 6.73. The highest BCUT2D eigenvalue weighted by molar-refractivity contribution is 5.71. The Hall–Kier alpha value is -2.35. The summed E-state index contributed by atoms with van der Waals surface area (Å²) in [4.78, 5) is 3.82. The molecular weight excluding hydrogens is 162 g/mol. The molecule has 0 amide bonds. The zero-order valence-corrected chi connectivity index (χ0v) is 6.73. The first kappa shape index (κ1) is 8.74. The fourth-order valence-corrected chi connectivity index (χ4v) is 0.698. The van der Waals surface area contributed by atoms with Crippen LogP contribution in [0.4, 0.5) is 5.69 Å². The Morgan fingerprint density at radius 2 is 1.69 bits per heavy atom.